The number of benzene rings is 3. The molecule has 0 amide bonds. The van der Waals surface area contributed by atoms with E-state index in [2.05, 4.69) is 75.4 Å². The summed E-state index contributed by atoms with van der Waals surface area (Å²) >= 11 is 0. The van der Waals surface area contributed by atoms with E-state index in [4.69, 9.17) is 0 Å². The number of hydrogen-bond donors (Lipinski definition) is 0. The smallest absolute Gasteiger partial charge is 0.0998 e. The molecule has 0 aliphatic rings. The van der Waals surface area contributed by atoms with Crippen LogP contribution >= 0.6 is 0 Å². The molecule has 0 aliphatic carbocycles. The van der Waals surface area contributed by atoms with Gasteiger partial charge in [-0.05, 0) is 45.0 Å². The van der Waals surface area contributed by atoms with E-state index in [0.29, 0.717) is 5.57 Å². The molecule has 0 bridgehead atoms. The largest absolute Gasteiger partial charge is 0.192 e. The number of fused-ring (bicyclic) bond motifs is 1. The third-order valence-corrected chi connectivity index (χ3v) is 4.27. The predicted octanol–water partition coefficient (Wildman–Crippen LogP) is 6.20. The van der Waals surface area contributed by atoms with Gasteiger partial charge in [0.2, 0.25) is 0 Å². The van der Waals surface area contributed by atoms with Crippen LogP contribution in [0.25, 0.3) is 22.4 Å². The van der Waals surface area contributed by atoms with Gasteiger partial charge in [-0.25, -0.2) is 0 Å². The van der Waals surface area contributed by atoms with E-state index in [1.807, 2.05) is 24.3 Å². The van der Waals surface area contributed by atoms with E-state index in [-0.39, 0.29) is 5.41 Å². The predicted molar refractivity (Wildman–Crippen MR) is 103 cm³/mol. The van der Waals surface area contributed by atoms with Gasteiger partial charge in [-0.3, -0.25) is 0 Å². The first-order valence-electron chi connectivity index (χ1n) is 8.19. The Kier molecular flexibility index (Phi) is 4.23. The highest BCUT2D eigenvalue weighted by Crippen LogP contribution is 2.25. The molecule has 0 atom stereocenters. The van der Waals surface area contributed by atoms with Crippen LogP contribution in [-0.2, 0) is 5.41 Å². The van der Waals surface area contributed by atoms with Gasteiger partial charge in [0.15, 0.2) is 0 Å². The van der Waals surface area contributed by atoms with Gasteiger partial charge in [0.05, 0.1) is 11.6 Å². The Morgan fingerprint density at radius 2 is 1.54 bits per heavy atom. The van der Waals surface area contributed by atoms with Crippen molar-refractivity contribution < 1.29 is 0 Å². The van der Waals surface area contributed by atoms with Crippen molar-refractivity contribution >= 4 is 22.4 Å². The summed E-state index contributed by atoms with van der Waals surface area (Å²) in [6.45, 7) is 6.61. The quantitative estimate of drug-likeness (QED) is 0.408. The van der Waals surface area contributed by atoms with Crippen LogP contribution in [-0.4, -0.2) is 0 Å². The lowest BCUT2D eigenvalue weighted by molar-refractivity contribution is 0.590. The van der Waals surface area contributed by atoms with E-state index in [1.54, 1.807) is 0 Å². The van der Waals surface area contributed by atoms with Crippen LogP contribution in [0, 0.1) is 11.3 Å². The SMILES string of the molecule is CC(C)(C)c1ccc(/C=C(/C#N)c2ccc3ccccc3c2)cc1. The first-order chi connectivity index (χ1) is 11.5. The zero-order chi connectivity index (χ0) is 17.2. The average molecular weight is 311 g/mol. The molecule has 1 heteroatoms. The summed E-state index contributed by atoms with van der Waals surface area (Å²) in [6.07, 6.45) is 1.95. The fraction of sp³-hybridized carbons (Fsp3) is 0.174. The Balaban J connectivity index is 1.98. The molecule has 1 nitrogen and oxygen atoms in total. The molecule has 0 spiro atoms. The number of nitriles is 1. The molecule has 0 aromatic heterocycles. The molecule has 0 saturated carbocycles. The topological polar surface area (TPSA) is 23.8 Å². The summed E-state index contributed by atoms with van der Waals surface area (Å²) < 4.78 is 0. The lowest BCUT2D eigenvalue weighted by atomic mass is 9.86. The van der Waals surface area contributed by atoms with E-state index in [1.165, 1.54) is 10.9 Å². The minimum absolute atomic E-state index is 0.138. The maximum absolute atomic E-state index is 9.58. The van der Waals surface area contributed by atoms with Crippen molar-refractivity contribution in [2.24, 2.45) is 0 Å². The average Bonchev–Trinajstić information content (AvgIpc) is 2.59. The van der Waals surface area contributed by atoms with Crippen LogP contribution < -0.4 is 0 Å². The molecule has 0 saturated heterocycles. The van der Waals surface area contributed by atoms with Gasteiger partial charge in [-0.15, -0.1) is 0 Å². The van der Waals surface area contributed by atoms with Gasteiger partial charge in [-0.2, -0.15) is 5.26 Å². The van der Waals surface area contributed by atoms with Crippen LogP contribution in [0.2, 0.25) is 0 Å². The minimum atomic E-state index is 0.138. The second-order valence-electron chi connectivity index (χ2n) is 7.10. The maximum atomic E-state index is 9.58. The Morgan fingerprint density at radius 3 is 2.17 bits per heavy atom. The lowest BCUT2D eigenvalue weighted by Gasteiger charge is -2.18. The second-order valence-corrected chi connectivity index (χ2v) is 7.10. The van der Waals surface area contributed by atoms with Crippen molar-refractivity contribution in [3.05, 3.63) is 83.4 Å². The first kappa shape index (κ1) is 16.0. The van der Waals surface area contributed by atoms with Crippen molar-refractivity contribution in [3.8, 4) is 6.07 Å². The molecule has 0 radical (unpaired) electrons. The molecule has 3 rings (SSSR count). The highest BCUT2D eigenvalue weighted by Gasteiger charge is 2.12. The summed E-state index contributed by atoms with van der Waals surface area (Å²) in [6, 6.07) is 25.1. The van der Waals surface area contributed by atoms with Gasteiger partial charge in [0, 0.05) is 0 Å². The normalized spacial score (nSPS) is 12.2. The summed E-state index contributed by atoms with van der Waals surface area (Å²) in [7, 11) is 0. The van der Waals surface area contributed by atoms with Gasteiger partial charge in [-0.1, -0.05) is 81.4 Å². The third-order valence-electron chi connectivity index (χ3n) is 4.27. The van der Waals surface area contributed by atoms with Gasteiger partial charge < -0.3 is 0 Å². The minimum Gasteiger partial charge on any atom is -0.192 e. The molecule has 0 unspecified atom stereocenters. The van der Waals surface area contributed by atoms with Gasteiger partial charge >= 0.3 is 0 Å². The number of nitrogens with zero attached hydrogens (tertiary/aromatic N) is 1. The zero-order valence-corrected chi connectivity index (χ0v) is 14.4. The van der Waals surface area contributed by atoms with Crippen molar-refractivity contribution in [2.45, 2.75) is 26.2 Å². The third kappa shape index (κ3) is 3.39. The lowest BCUT2D eigenvalue weighted by Crippen LogP contribution is -2.10. The molecular weight excluding hydrogens is 290 g/mol. The standard InChI is InChI=1S/C23H21N/c1-23(2,3)22-12-8-17(9-13-22)14-21(16-24)20-11-10-18-6-4-5-7-19(18)15-20/h4-15H,1-3H3/b21-14-. The summed E-state index contributed by atoms with van der Waals surface area (Å²) in [4.78, 5) is 0. The summed E-state index contributed by atoms with van der Waals surface area (Å²) in [5, 5.41) is 11.9. The zero-order valence-electron chi connectivity index (χ0n) is 14.4. The molecular formula is C23H21N. The Morgan fingerprint density at radius 1 is 0.875 bits per heavy atom. The number of allylic oxidation sites excluding steroid dienone is 1. The van der Waals surface area contributed by atoms with Crippen molar-refractivity contribution in [1.29, 1.82) is 5.26 Å². The van der Waals surface area contributed by atoms with Crippen LogP contribution in [0.15, 0.2) is 66.7 Å². The molecule has 0 heterocycles. The van der Waals surface area contributed by atoms with E-state index >= 15 is 0 Å². The van der Waals surface area contributed by atoms with Crippen molar-refractivity contribution in [1.82, 2.24) is 0 Å². The Labute approximate surface area is 143 Å². The van der Waals surface area contributed by atoms with Crippen LogP contribution in [0.4, 0.5) is 0 Å². The van der Waals surface area contributed by atoms with Crippen LogP contribution in [0.3, 0.4) is 0 Å². The van der Waals surface area contributed by atoms with E-state index in [0.717, 1.165) is 16.5 Å². The highest BCUT2D eigenvalue weighted by atomic mass is 14.2. The van der Waals surface area contributed by atoms with Gasteiger partial charge in [0.1, 0.15) is 0 Å². The number of hydrogen-bond acceptors (Lipinski definition) is 1. The van der Waals surface area contributed by atoms with Crippen LogP contribution in [0.1, 0.15) is 37.5 Å². The Hall–Kier alpha value is -2.85. The maximum Gasteiger partial charge on any atom is 0.0998 e. The molecule has 24 heavy (non-hydrogen) atoms. The van der Waals surface area contributed by atoms with Crippen molar-refractivity contribution in [2.75, 3.05) is 0 Å². The first-order valence-corrected chi connectivity index (χ1v) is 8.19. The monoisotopic (exact) mass is 311 g/mol. The number of rotatable bonds is 2. The Bertz CT molecular complexity index is 932. The highest BCUT2D eigenvalue weighted by molar-refractivity contribution is 5.94. The molecule has 0 fully saturated rings. The molecule has 118 valence electrons. The summed E-state index contributed by atoms with van der Waals surface area (Å²) in [5.41, 5.74) is 4.12. The fourth-order valence-electron chi connectivity index (χ4n) is 2.78. The molecule has 0 N–H and O–H groups in total. The molecule has 3 aromatic carbocycles. The van der Waals surface area contributed by atoms with Gasteiger partial charge in [0.25, 0.3) is 0 Å². The van der Waals surface area contributed by atoms with E-state index in [9.17, 15) is 5.26 Å². The molecule has 0 aliphatic heterocycles. The second kappa shape index (κ2) is 6.34. The summed E-state index contributed by atoms with van der Waals surface area (Å²) in [5.74, 6) is 0. The van der Waals surface area contributed by atoms with Crippen LogP contribution in [0.5, 0.6) is 0 Å². The molecule has 3 aromatic rings. The van der Waals surface area contributed by atoms with E-state index < -0.39 is 0 Å². The van der Waals surface area contributed by atoms with Crippen molar-refractivity contribution in [3.63, 3.8) is 0 Å². The fourth-order valence-corrected chi connectivity index (χ4v) is 2.78.